The molecule has 7 heteroatoms. The Labute approximate surface area is 108 Å². The molecular weight excluding hydrogens is 264 g/mol. The molecule has 3 N–H and O–H groups in total. The molecule has 3 nitrogen and oxygen atoms in total. The maximum absolute atomic E-state index is 13.6. The number of hydrogen-bond donors (Lipinski definition) is 2. The van der Waals surface area contributed by atoms with Crippen molar-refractivity contribution < 1.29 is 22.3 Å². The topological polar surface area (TPSA) is 47.3 Å². The molecule has 1 aromatic carbocycles. The van der Waals surface area contributed by atoms with Gasteiger partial charge in [0.2, 0.25) is 0 Å². The van der Waals surface area contributed by atoms with Gasteiger partial charge in [-0.3, -0.25) is 11.3 Å². The number of hydrazine groups is 1. The van der Waals surface area contributed by atoms with Crippen molar-refractivity contribution in [3.05, 3.63) is 35.1 Å². The summed E-state index contributed by atoms with van der Waals surface area (Å²) >= 11 is 0. The van der Waals surface area contributed by atoms with E-state index < -0.39 is 24.6 Å². The van der Waals surface area contributed by atoms with E-state index >= 15 is 0 Å². The number of ether oxygens (including phenoxy) is 1. The predicted molar refractivity (Wildman–Crippen MR) is 62.7 cm³/mol. The summed E-state index contributed by atoms with van der Waals surface area (Å²) in [6.07, 6.45) is -4.22. The lowest BCUT2D eigenvalue weighted by Gasteiger charge is -2.18. The average molecular weight is 280 g/mol. The van der Waals surface area contributed by atoms with Crippen molar-refractivity contribution >= 4 is 0 Å². The van der Waals surface area contributed by atoms with E-state index in [2.05, 4.69) is 10.2 Å². The molecule has 0 heterocycles. The van der Waals surface area contributed by atoms with Gasteiger partial charge in [-0.25, -0.2) is 4.39 Å². The third-order valence-electron chi connectivity index (χ3n) is 2.54. The predicted octanol–water partition coefficient (Wildman–Crippen LogP) is 2.61. The molecule has 0 aliphatic rings. The molecule has 0 spiro atoms. The van der Waals surface area contributed by atoms with Crippen molar-refractivity contribution in [1.29, 1.82) is 0 Å². The van der Waals surface area contributed by atoms with E-state index in [9.17, 15) is 17.6 Å². The van der Waals surface area contributed by atoms with Gasteiger partial charge in [0.1, 0.15) is 12.4 Å². The van der Waals surface area contributed by atoms with Crippen molar-refractivity contribution in [2.75, 3.05) is 13.2 Å². The van der Waals surface area contributed by atoms with E-state index in [0.717, 1.165) is 5.56 Å². The van der Waals surface area contributed by atoms with Crippen LogP contribution >= 0.6 is 0 Å². The van der Waals surface area contributed by atoms with Crippen molar-refractivity contribution in [2.45, 2.75) is 25.6 Å². The molecule has 0 fully saturated rings. The van der Waals surface area contributed by atoms with Crippen LogP contribution in [0.5, 0.6) is 0 Å². The molecule has 108 valence electrons. The molecule has 0 aromatic heterocycles. The summed E-state index contributed by atoms with van der Waals surface area (Å²) in [7, 11) is 0. The van der Waals surface area contributed by atoms with Crippen LogP contribution in [0.15, 0.2) is 18.2 Å². The molecule has 1 unspecified atom stereocenters. The first-order valence-corrected chi connectivity index (χ1v) is 5.70. The molecule has 1 aromatic rings. The smallest absolute Gasteiger partial charge is 0.372 e. The van der Waals surface area contributed by atoms with Gasteiger partial charge in [0.15, 0.2) is 0 Å². The summed E-state index contributed by atoms with van der Waals surface area (Å²) < 4.78 is 53.7. The monoisotopic (exact) mass is 280 g/mol. The van der Waals surface area contributed by atoms with Gasteiger partial charge in [-0.1, -0.05) is 17.7 Å². The highest BCUT2D eigenvalue weighted by atomic mass is 19.4. The molecular formula is C12H16F4N2O. The largest absolute Gasteiger partial charge is 0.411 e. The van der Waals surface area contributed by atoms with Gasteiger partial charge in [-0.15, -0.1) is 0 Å². The van der Waals surface area contributed by atoms with Gasteiger partial charge < -0.3 is 4.74 Å². The Hall–Kier alpha value is -1.18. The normalized spacial score (nSPS) is 13.6. The summed E-state index contributed by atoms with van der Waals surface area (Å²) in [5, 5.41) is 0. The first-order chi connectivity index (χ1) is 8.83. The molecule has 0 radical (unpaired) electrons. The minimum atomic E-state index is -4.36. The summed E-state index contributed by atoms with van der Waals surface area (Å²) in [4.78, 5) is 0. The third kappa shape index (κ3) is 5.54. The van der Waals surface area contributed by atoms with Crippen LogP contribution < -0.4 is 11.3 Å². The summed E-state index contributed by atoms with van der Waals surface area (Å²) in [5.41, 5.74) is 3.54. The van der Waals surface area contributed by atoms with Gasteiger partial charge in [0, 0.05) is 12.2 Å². The number of aryl methyl sites for hydroxylation is 1. The average Bonchev–Trinajstić information content (AvgIpc) is 2.32. The first-order valence-electron chi connectivity index (χ1n) is 5.70. The van der Waals surface area contributed by atoms with Crippen LogP contribution in [-0.4, -0.2) is 19.4 Å². The zero-order valence-electron chi connectivity index (χ0n) is 10.4. The van der Waals surface area contributed by atoms with E-state index in [-0.39, 0.29) is 13.0 Å². The van der Waals surface area contributed by atoms with Gasteiger partial charge in [0.05, 0.1) is 6.04 Å². The van der Waals surface area contributed by atoms with Crippen LogP contribution in [-0.2, 0) is 4.74 Å². The standard InChI is InChI=1S/C12H16F4N2O/c1-8-2-3-10(13)9(6-8)11(18-17)4-5-19-7-12(14,15)16/h2-3,6,11,18H,4-5,7,17H2,1H3. The summed E-state index contributed by atoms with van der Waals surface area (Å²) in [5.74, 6) is 4.84. The molecule has 0 aliphatic carbocycles. The Morgan fingerprint density at radius 1 is 1.37 bits per heavy atom. The fourth-order valence-corrected chi connectivity index (χ4v) is 1.65. The minimum absolute atomic E-state index is 0.146. The molecule has 0 aliphatic heterocycles. The number of nitrogens with one attached hydrogen (secondary N) is 1. The minimum Gasteiger partial charge on any atom is -0.372 e. The Kier molecular flexibility index (Phi) is 5.71. The second kappa shape index (κ2) is 6.83. The van der Waals surface area contributed by atoms with E-state index in [4.69, 9.17) is 5.84 Å². The molecule has 1 rings (SSSR count). The maximum atomic E-state index is 13.6. The number of alkyl halides is 3. The SMILES string of the molecule is Cc1ccc(F)c(C(CCOCC(F)(F)F)NN)c1. The van der Waals surface area contributed by atoms with Gasteiger partial charge in [0.25, 0.3) is 0 Å². The lowest BCUT2D eigenvalue weighted by Crippen LogP contribution is -2.30. The second-order valence-corrected chi connectivity index (χ2v) is 4.20. The highest BCUT2D eigenvalue weighted by Crippen LogP contribution is 2.21. The third-order valence-corrected chi connectivity index (χ3v) is 2.54. The van der Waals surface area contributed by atoms with Crippen LogP contribution in [0.3, 0.4) is 0 Å². The second-order valence-electron chi connectivity index (χ2n) is 4.20. The lowest BCUT2D eigenvalue weighted by molar-refractivity contribution is -0.174. The Balaban J connectivity index is 2.56. The zero-order valence-corrected chi connectivity index (χ0v) is 10.4. The van der Waals surface area contributed by atoms with Crippen LogP contribution in [0, 0.1) is 12.7 Å². The number of rotatable bonds is 6. The quantitative estimate of drug-likeness (QED) is 0.364. The van der Waals surface area contributed by atoms with E-state index in [0.29, 0.717) is 5.56 Å². The fraction of sp³-hybridized carbons (Fsp3) is 0.500. The maximum Gasteiger partial charge on any atom is 0.411 e. The van der Waals surface area contributed by atoms with Gasteiger partial charge in [-0.2, -0.15) is 13.2 Å². The lowest BCUT2D eigenvalue weighted by atomic mass is 10.0. The summed E-state index contributed by atoms with van der Waals surface area (Å²) in [6, 6.07) is 3.91. The van der Waals surface area contributed by atoms with Crippen LogP contribution in [0.2, 0.25) is 0 Å². The van der Waals surface area contributed by atoms with Crippen LogP contribution in [0.4, 0.5) is 17.6 Å². The van der Waals surface area contributed by atoms with Crippen molar-refractivity contribution in [3.63, 3.8) is 0 Å². The molecule has 0 amide bonds. The molecule has 19 heavy (non-hydrogen) atoms. The van der Waals surface area contributed by atoms with Crippen LogP contribution in [0.1, 0.15) is 23.6 Å². The molecule has 0 saturated carbocycles. The summed E-state index contributed by atoms with van der Waals surface area (Å²) in [6.45, 7) is 0.305. The number of nitrogens with two attached hydrogens (primary N) is 1. The highest BCUT2D eigenvalue weighted by Gasteiger charge is 2.27. The van der Waals surface area contributed by atoms with E-state index in [1.54, 1.807) is 19.1 Å². The van der Waals surface area contributed by atoms with Crippen molar-refractivity contribution in [2.24, 2.45) is 5.84 Å². The van der Waals surface area contributed by atoms with E-state index in [1.165, 1.54) is 6.07 Å². The zero-order chi connectivity index (χ0) is 14.5. The van der Waals surface area contributed by atoms with E-state index in [1.807, 2.05) is 0 Å². The van der Waals surface area contributed by atoms with Crippen LogP contribution in [0.25, 0.3) is 0 Å². The highest BCUT2D eigenvalue weighted by molar-refractivity contribution is 5.26. The first kappa shape index (κ1) is 15.9. The Bertz CT molecular complexity index is 409. The number of halogens is 4. The molecule has 0 bridgehead atoms. The fourth-order valence-electron chi connectivity index (χ4n) is 1.65. The molecule has 1 atom stereocenters. The van der Waals surface area contributed by atoms with Crippen molar-refractivity contribution in [3.8, 4) is 0 Å². The Morgan fingerprint density at radius 3 is 2.63 bits per heavy atom. The molecule has 0 saturated heterocycles. The van der Waals surface area contributed by atoms with Gasteiger partial charge in [-0.05, 0) is 19.4 Å². The number of hydrogen-bond acceptors (Lipinski definition) is 3. The Morgan fingerprint density at radius 2 is 2.05 bits per heavy atom. The number of benzene rings is 1. The van der Waals surface area contributed by atoms with Crippen molar-refractivity contribution in [1.82, 2.24) is 5.43 Å². The van der Waals surface area contributed by atoms with Gasteiger partial charge >= 0.3 is 6.18 Å².